The van der Waals surface area contributed by atoms with Gasteiger partial charge in [0.1, 0.15) is 11.0 Å². The zero-order valence-electron chi connectivity index (χ0n) is 18.7. The van der Waals surface area contributed by atoms with E-state index in [2.05, 4.69) is 4.98 Å². The summed E-state index contributed by atoms with van der Waals surface area (Å²) >= 11 is 6.06. The standard InChI is InChI=1S/C26H26ClFN2O3/c1-3-25(32)30(15-16-33-2)23-12-10-21(17-22(23)28)18-6-8-19(9-7-18)24(31)13-11-20-5-4-14-29-26(20)27/h4-10,12,14,17H,3,11,13,15-16H2,1-2H3. The molecule has 0 saturated heterocycles. The first-order valence-corrected chi connectivity index (χ1v) is 11.1. The highest BCUT2D eigenvalue weighted by molar-refractivity contribution is 6.30. The lowest BCUT2D eigenvalue weighted by atomic mass is 9.99. The topological polar surface area (TPSA) is 59.5 Å². The number of methoxy groups -OCH3 is 1. The summed E-state index contributed by atoms with van der Waals surface area (Å²) in [7, 11) is 1.54. The van der Waals surface area contributed by atoms with Crippen LogP contribution in [0.15, 0.2) is 60.8 Å². The van der Waals surface area contributed by atoms with Gasteiger partial charge in [-0.05, 0) is 41.3 Å². The number of amides is 1. The molecule has 3 aromatic rings. The van der Waals surface area contributed by atoms with Crippen molar-refractivity contribution in [3.05, 3.63) is 82.9 Å². The van der Waals surface area contributed by atoms with Gasteiger partial charge in [-0.15, -0.1) is 0 Å². The summed E-state index contributed by atoms with van der Waals surface area (Å²) in [6.45, 7) is 2.33. The van der Waals surface area contributed by atoms with Gasteiger partial charge in [0.25, 0.3) is 0 Å². The van der Waals surface area contributed by atoms with Gasteiger partial charge in [0.2, 0.25) is 5.91 Å². The van der Waals surface area contributed by atoms with Crippen molar-refractivity contribution >= 4 is 29.0 Å². The SMILES string of the molecule is CCC(=O)N(CCOC)c1ccc(-c2ccc(C(=O)CCc3cccnc3Cl)cc2)cc1F. The lowest BCUT2D eigenvalue weighted by molar-refractivity contribution is -0.118. The van der Waals surface area contributed by atoms with Gasteiger partial charge < -0.3 is 9.64 Å². The van der Waals surface area contributed by atoms with Crippen LogP contribution in [0.2, 0.25) is 5.15 Å². The van der Waals surface area contributed by atoms with E-state index < -0.39 is 5.82 Å². The molecule has 0 aliphatic heterocycles. The molecular weight excluding hydrogens is 443 g/mol. The highest BCUT2D eigenvalue weighted by Crippen LogP contribution is 2.28. The van der Waals surface area contributed by atoms with Crippen LogP contribution in [-0.2, 0) is 16.0 Å². The first-order valence-electron chi connectivity index (χ1n) is 10.8. The van der Waals surface area contributed by atoms with E-state index >= 15 is 0 Å². The number of carbonyl (C=O) groups excluding carboxylic acids is 2. The zero-order valence-corrected chi connectivity index (χ0v) is 19.4. The Labute approximate surface area is 198 Å². The third-order valence-corrected chi connectivity index (χ3v) is 5.70. The van der Waals surface area contributed by atoms with Crippen LogP contribution in [0, 0.1) is 5.82 Å². The largest absolute Gasteiger partial charge is 0.383 e. The normalized spacial score (nSPS) is 10.8. The first-order chi connectivity index (χ1) is 15.9. The molecule has 0 atom stereocenters. The molecule has 33 heavy (non-hydrogen) atoms. The predicted molar refractivity (Wildman–Crippen MR) is 128 cm³/mol. The monoisotopic (exact) mass is 468 g/mol. The summed E-state index contributed by atoms with van der Waals surface area (Å²) in [4.78, 5) is 30.2. The highest BCUT2D eigenvalue weighted by atomic mass is 35.5. The van der Waals surface area contributed by atoms with Crippen LogP contribution in [0.3, 0.4) is 0 Å². The van der Waals surface area contributed by atoms with Gasteiger partial charge in [-0.1, -0.05) is 54.9 Å². The second-order valence-corrected chi connectivity index (χ2v) is 7.87. The highest BCUT2D eigenvalue weighted by Gasteiger charge is 2.18. The number of hydrogen-bond donors (Lipinski definition) is 0. The van der Waals surface area contributed by atoms with Crippen LogP contribution >= 0.6 is 11.6 Å². The average Bonchev–Trinajstić information content (AvgIpc) is 2.84. The number of hydrogen-bond acceptors (Lipinski definition) is 4. The third kappa shape index (κ3) is 6.24. The van der Waals surface area contributed by atoms with Crippen LogP contribution in [0.4, 0.5) is 10.1 Å². The minimum Gasteiger partial charge on any atom is -0.383 e. The van der Waals surface area contributed by atoms with Crippen LogP contribution in [-0.4, -0.2) is 36.9 Å². The summed E-state index contributed by atoms with van der Waals surface area (Å²) in [6, 6.07) is 15.5. The van der Waals surface area contributed by atoms with Crippen molar-refractivity contribution in [2.24, 2.45) is 0 Å². The van der Waals surface area contributed by atoms with Crippen molar-refractivity contribution in [1.29, 1.82) is 0 Å². The molecule has 172 valence electrons. The summed E-state index contributed by atoms with van der Waals surface area (Å²) < 4.78 is 20.0. The Morgan fingerprint density at radius 2 is 1.82 bits per heavy atom. The molecule has 0 N–H and O–H groups in total. The van der Waals surface area contributed by atoms with Crippen molar-refractivity contribution in [3.63, 3.8) is 0 Å². The minimum atomic E-state index is -0.487. The number of pyridine rings is 1. The lowest BCUT2D eigenvalue weighted by Crippen LogP contribution is -2.34. The van der Waals surface area contributed by atoms with E-state index in [1.165, 1.54) is 18.1 Å². The van der Waals surface area contributed by atoms with Crippen molar-refractivity contribution in [2.75, 3.05) is 25.2 Å². The van der Waals surface area contributed by atoms with E-state index in [1.807, 2.05) is 6.07 Å². The summed E-state index contributed by atoms with van der Waals surface area (Å²) in [5.41, 5.74) is 3.07. The molecule has 1 amide bonds. The van der Waals surface area contributed by atoms with Crippen molar-refractivity contribution in [2.45, 2.75) is 26.2 Å². The number of ether oxygens (including phenoxy) is 1. The number of rotatable bonds is 10. The molecule has 1 aromatic heterocycles. The maximum absolute atomic E-state index is 14.9. The Morgan fingerprint density at radius 1 is 1.09 bits per heavy atom. The van der Waals surface area contributed by atoms with Crippen LogP contribution in [0.1, 0.15) is 35.7 Å². The first kappa shape index (κ1) is 24.6. The number of Topliss-reactive ketones (excluding diaryl/α,β-unsaturated/α-hetero) is 1. The van der Waals surface area contributed by atoms with Crippen LogP contribution < -0.4 is 4.90 Å². The van der Waals surface area contributed by atoms with Gasteiger partial charge in [-0.25, -0.2) is 9.37 Å². The molecule has 7 heteroatoms. The number of anilines is 1. The van der Waals surface area contributed by atoms with Gasteiger partial charge >= 0.3 is 0 Å². The summed E-state index contributed by atoms with van der Waals surface area (Å²) in [6.07, 6.45) is 2.71. The maximum Gasteiger partial charge on any atom is 0.226 e. The quantitative estimate of drug-likeness (QED) is 0.281. The Kier molecular flexibility index (Phi) is 8.69. The minimum absolute atomic E-state index is 0.00476. The molecule has 0 spiro atoms. The second-order valence-electron chi connectivity index (χ2n) is 7.51. The molecule has 3 rings (SSSR count). The van der Waals surface area contributed by atoms with Crippen molar-refractivity contribution in [3.8, 4) is 11.1 Å². The predicted octanol–water partition coefficient (Wildman–Crippen LogP) is 5.75. The second kappa shape index (κ2) is 11.7. The van der Waals surface area contributed by atoms with Crippen molar-refractivity contribution < 1.29 is 18.7 Å². The van der Waals surface area contributed by atoms with E-state index in [1.54, 1.807) is 55.6 Å². The fourth-order valence-electron chi connectivity index (χ4n) is 3.51. The number of nitrogens with zero attached hydrogens (tertiary/aromatic N) is 2. The van der Waals surface area contributed by atoms with E-state index in [9.17, 15) is 14.0 Å². The smallest absolute Gasteiger partial charge is 0.226 e. The van der Waals surface area contributed by atoms with E-state index in [0.717, 1.165) is 11.1 Å². The Bertz CT molecular complexity index is 1120. The average molecular weight is 469 g/mol. The number of ketones is 1. The Hall–Kier alpha value is -3.09. The molecule has 0 radical (unpaired) electrons. The van der Waals surface area contributed by atoms with Gasteiger partial charge in [0.15, 0.2) is 5.78 Å². The van der Waals surface area contributed by atoms with E-state index in [-0.39, 0.29) is 30.3 Å². The molecule has 0 fully saturated rings. The number of benzene rings is 2. The molecule has 0 unspecified atom stereocenters. The van der Waals surface area contributed by atoms with Gasteiger partial charge in [-0.3, -0.25) is 9.59 Å². The molecule has 0 aliphatic rings. The molecule has 5 nitrogen and oxygen atoms in total. The van der Waals surface area contributed by atoms with Gasteiger partial charge in [0.05, 0.1) is 12.3 Å². The Balaban J connectivity index is 1.72. The molecule has 0 aliphatic carbocycles. The number of aryl methyl sites for hydroxylation is 1. The van der Waals surface area contributed by atoms with E-state index in [4.69, 9.17) is 16.3 Å². The number of halogens is 2. The molecule has 2 aromatic carbocycles. The van der Waals surface area contributed by atoms with Gasteiger partial charge in [0, 0.05) is 38.3 Å². The zero-order chi connectivity index (χ0) is 23.8. The summed E-state index contributed by atoms with van der Waals surface area (Å²) in [5.74, 6) is -0.664. The maximum atomic E-state index is 14.9. The molecule has 0 bridgehead atoms. The summed E-state index contributed by atoms with van der Waals surface area (Å²) in [5, 5.41) is 0.410. The van der Waals surface area contributed by atoms with E-state index in [0.29, 0.717) is 35.7 Å². The van der Waals surface area contributed by atoms with Crippen molar-refractivity contribution in [1.82, 2.24) is 4.98 Å². The van der Waals surface area contributed by atoms with Crippen LogP contribution in [0.5, 0.6) is 0 Å². The molecule has 0 saturated carbocycles. The number of aromatic nitrogens is 1. The number of carbonyl (C=O) groups is 2. The fourth-order valence-corrected chi connectivity index (χ4v) is 3.72. The lowest BCUT2D eigenvalue weighted by Gasteiger charge is -2.23. The third-order valence-electron chi connectivity index (χ3n) is 5.36. The molecular formula is C26H26ClFN2O3. The molecule has 1 heterocycles. The fraction of sp³-hybridized carbons (Fsp3) is 0.269. The van der Waals surface area contributed by atoms with Gasteiger partial charge in [-0.2, -0.15) is 0 Å². The Morgan fingerprint density at radius 3 is 2.45 bits per heavy atom. The van der Waals surface area contributed by atoms with Crippen LogP contribution in [0.25, 0.3) is 11.1 Å².